The molecule has 2 N–H and O–H groups in total. The Kier molecular flexibility index (Phi) is 3.62. The molecule has 0 heterocycles. The van der Waals surface area contributed by atoms with Gasteiger partial charge in [0.2, 0.25) is 0 Å². The number of fused-ring (bicyclic) bond motifs is 1. The van der Waals surface area contributed by atoms with Crippen LogP contribution in [0.3, 0.4) is 0 Å². The van der Waals surface area contributed by atoms with Gasteiger partial charge < -0.3 is 10.5 Å². The molecule has 2 rings (SSSR count). The predicted molar refractivity (Wildman–Crippen MR) is 66.4 cm³/mol. The van der Waals surface area contributed by atoms with Crippen molar-refractivity contribution < 1.29 is 4.74 Å². The van der Waals surface area contributed by atoms with E-state index in [0.717, 1.165) is 38.9 Å². The van der Waals surface area contributed by atoms with Gasteiger partial charge in [0, 0.05) is 18.8 Å². The fourth-order valence-electron chi connectivity index (χ4n) is 2.61. The highest BCUT2D eigenvalue weighted by molar-refractivity contribution is 5.38. The summed E-state index contributed by atoms with van der Waals surface area (Å²) in [6.45, 7) is 3.66. The molecule has 1 aromatic rings. The molecule has 1 aromatic carbocycles. The van der Waals surface area contributed by atoms with Gasteiger partial charge in [-0.1, -0.05) is 24.3 Å². The topological polar surface area (TPSA) is 35.2 Å². The number of nitrogens with two attached hydrogens (primary N) is 1. The lowest BCUT2D eigenvalue weighted by Gasteiger charge is -2.25. The van der Waals surface area contributed by atoms with Gasteiger partial charge in [-0.05, 0) is 43.7 Å². The first-order valence-electron chi connectivity index (χ1n) is 6.21. The molecule has 0 spiro atoms. The van der Waals surface area contributed by atoms with Gasteiger partial charge in [0.05, 0.1) is 0 Å². The Balaban J connectivity index is 1.99. The minimum atomic E-state index is -0.103. The van der Waals surface area contributed by atoms with Crippen LogP contribution in [-0.4, -0.2) is 13.2 Å². The first-order chi connectivity index (χ1) is 7.76. The van der Waals surface area contributed by atoms with E-state index in [-0.39, 0.29) is 5.54 Å². The van der Waals surface area contributed by atoms with Gasteiger partial charge in [-0.15, -0.1) is 0 Å². The lowest BCUT2D eigenvalue weighted by molar-refractivity contribution is 0.137. The van der Waals surface area contributed by atoms with Crippen LogP contribution in [0.4, 0.5) is 0 Å². The normalized spacial score (nSPS) is 23.4. The molecule has 0 fully saturated rings. The third kappa shape index (κ3) is 2.28. The zero-order valence-corrected chi connectivity index (χ0v) is 10.0. The Morgan fingerprint density at radius 2 is 2.19 bits per heavy atom. The molecule has 1 atom stereocenters. The molecule has 1 aliphatic carbocycles. The van der Waals surface area contributed by atoms with Crippen molar-refractivity contribution >= 4 is 0 Å². The van der Waals surface area contributed by atoms with Gasteiger partial charge in [-0.25, -0.2) is 0 Å². The Morgan fingerprint density at radius 3 is 3.00 bits per heavy atom. The second kappa shape index (κ2) is 4.98. The smallest absolute Gasteiger partial charge is 0.0466 e. The molecular formula is C14H21NO. The van der Waals surface area contributed by atoms with Crippen LogP contribution < -0.4 is 5.73 Å². The van der Waals surface area contributed by atoms with E-state index in [4.69, 9.17) is 10.5 Å². The highest BCUT2D eigenvalue weighted by atomic mass is 16.5. The number of benzene rings is 1. The number of rotatable bonds is 5. The molecule has 0 aromatic heterocycles. The molecule has 0 amide bonds. The number of ether oxygens (including phenoxy) is 1. The maximum Gasteiger partial charge on any atom is 0.0466 e. The average Bonchev–Trinajstić information content (AvgIpc) is 2.64. The van der Waals surface area contributed by atoms with Gasteiger partial charge >= 0.3 is 0 Å². The largest absolute Gasteiger partial charge is 0.382 e. The third-order valence-electron chi connectivity index (χ3n) is 3.51. The molecule has 0 bridgehead atoms. The van der Waals surface area contributed by atoms with Crippen LogP contribution in [0.25, 0.3) is 0 Å². The monoisotopic (exact) mass is 219 g/mol. The molecule has 16 heavy (non-hydrogen) atoms. The fraction of sp³-hybridized carbons (Fsp3) is 0.571. The minimum absolute atomic E-state index is 0.103. The van der Waals surface area contributed by atoms with E-state index >= 15 is 0 Å². The summed E-state index contributed by atoms with van der Waals surface area (Å²) in [6.07, 6.45) is 4.29. The fourth-order valence-corrected chi connectivity index (χ4v) is 2.61. The van der Waals surface area contributed by atoms with Crippen molar-refractivity contribution in [1.29, 1.82) is 0 Å². The predicted octanol–water partition coefficient (Wildman–Crippen LogP) is 2.60. The van der Waals surface area contributed by atoms with Crippen LogP contribution in [0.1, 0.15) is 37.3 Å². The van der Waals surface area contributed by atoms with Crippen LogP contribution in [0.15, 0.2) is 24.3 Å². The molecule has 1 aliphatic rings. The van der Waals surface area contributed by atoms with Crippen LogP contribution in [-0.2, 0) is 16.7 Å². The van der Waals surface area contributed by atoms with Crippen LogP contribution in [0.2, 0.25) is 0 Å². The summed E-state index contributed by atoms with van der Waals surface area (Å²) in [4.78, 5) is 0. The highest BCUT2D eigenvalue weighted by Crippen LogP contribution is 2.37. The van der Waals surface area contributed by atoms with Crippen LogP contribution >= 0.6 is 0 Å². The van der Waals surface area contributed by atoms with E-state index in [1.165, 1.54) is 11.1 Å². The molecule has 0 saturated heterocycles. The van der Waals surface area contributed by atoms with Crippen molar-refractivity contribution in [3.63, 3.8) is 0 Å². The molecule has 2 nitrogen and oxygen atoms in total. The maximum atomic E-state index is 6.50. The zero-order chi connectivity index (χ0) is 11.4. The first kappa shape index (κ1) is 11.6. The number of hydrogen-bond acceptors (Lipinski definition) is 2. The molecule has 0 saturated carbocycles. The SMILES string of the molecule is CCOCCCC1(N)CCc2ccccc21. The Hall–Kier alpha value is -0.860. The quantitative estimate of drug-likeness (QED) is 0.773. The minimum Gasteiger partial charge on any atom is -0.382 e. The lowest BCUT2D eigenvalue weighted by atomic mass is 9.88. The highest BCUT2D eigenvalue weighted by Gasteiger charge is 2.33. The second-order valence-corrected chi connectivity index (χ2v) is 4.61. The molecule has 2 heteroatoms. The van der Waals surface area contributed by atoms with Crippen LogP contribution in [0.5, 0.6) is 0 Å². The van der Waals surface area contributed by atoms with Gasteiger partial charge in [-0.2, -0.15) is 0 Å². The first-order valence-corrected chi connectivity index (χ1v) is 6.21. The van der Waals surface area contributed by atoms with E-state index in [1.54, 1.807) is 0 Å². The van der Waals surface area contributed by atoms with Crippen molar-refractivity contribution in [3.8, 4) is 0 Å². The average molecular weight is 219 g/mol. The van der Waals surface area contributed by atoms with Crippen molar-refractivity contribution in [2.24, 2.45) is 5.73 Å². The number of aryl methyl sites for hydroxylation is 1. The molecular weight excluding hydrogens is 198 g/mol. The van der Waals surface area contributed by atoms with E-state index in [2.05, 4.69) is 24.3 Å². The van der Waals surface area contributed by atoms with E-state index in [1.807, 2.05) is 6.92 Å². The summed E-state index contributed by atoms with van der Waals surface area (Å²) < 4.78 is 5.37. The van der Waals surface area contributed by atoms with E-state index < -0.39 is 0 Å². The van der Waals surface area contributed by atoms with Gasteiger partial charge in [0.1, 0.15) is 0 Å². The van der Waals surface area contributed by atoms with Crippen molar-refractivity contribution in [3.05, 3.63) is 35.4 Å². The summed E-state index contributed by atoms with van der Waals surface area (Å²) >= 11 is 0. The zero-order valence-electron chi connectivity index (χ0n) is 10.0. The molecule has 0 radical (unpaired) electrons. The standard InChI is InChI=1S/C14H21NO/c1-2-16-11-5-9-14(15)10-8-12-6-3-4-7-13(12)14/h3-4,6-7H,2,5,8-11,15H2,1H3. The van der Waals surface area contributed by atoms with Crippen LogP contribution in [0, 0.1) is 0 Å². The lowest BCUT2D eigenvalue weighted by Crippen LogP contribution is -2.34. The van der Waals surface area contributed by atoms with Crippen molar-refractivity contribution in [1.82, 2.24) is 0 Å². The van der Waals surface area contributed by atoms with Gasteiger partial charge in [0.25, 0.3) is 0 Å². The summed E-state index contributed by atoms with van der Waals surface area (Å²) in [7, 11) is 0. The second-order valence-electron chi connectivity index (χ2n) is 4.61. The third-order valence-corrected chi connectivity index (χ3v) is 3.51. The molecule has 88 valence electrons. The van der Waals surface area contributed by atoms with E-state index in [9.17, 15) is 0 Å². The summed E-state index contributed by atoms with van der Waals surface area (Å²) in [5, 5.41) is 0. The molecule has 0 aliphatic heterocycles. The Labute approximate surface area is 97.8 Å². The summed E-state index contributed by atoms with van der Waals surface area (Å²) in [6, 6.07) is 8.58. The number of hydrogen-bond donors (Lipinski definition) is 1. The Morgan fingerprint density at radius 1 is 1.38 bits per heavy atom. The van der Waals surface area contributed by atoms with Gasteiger partial charge in [0.15, 0.2) is 0 Å². The summed E-state index contributed by atoms with van der Waals surface area (Å²) in [5.74, 6) is 0. The van der Waals surface area contributed by atoms with Crippen molar-refractivity contribution in [2.45, 2.75) is 38.1 Å². The van der Waals surface area contributed by atoms with E-state index in [0.29, 0.717) is 0 Å². The Bertz CT molecular complexity index is 350. The summed E-state index contributed by atoms with van der Waals surface area (Å²) in [5.41, 5.74) is 9.18. The maximum absolute atomic E-state index is 6.50. The van der Waals surface area contributed by atoms with Crippen molar-refractivity contribution in [2.75, 3.05) is 13.2 Å². The molecule has 1 unspecified atom stereocenters. The van der Waals surface area contributed by atoms with Gasteiger partial charge in [-0.3, -0.25) is 0 Å².